The number of carbonyl (C=O) groups excluding carboxylic acids is 1. The Labute approximate surface area is 168 Å². The molecule has 2 aromatic carbocycles. The van der Waals surface area contributed by atoms with E-state index in [1.807, 2.05) is 25.1 Å². The molecule has 0 spiro atoms. The number of aryl methyl sites for hydroxylation is 3. The number of rotatable bonds is 4. The van der Waals surface area contributed by atoms with E-state index in [1.165, 1.54) is 22.5 Å². The normalized spacial score (nSPS) is 12.4. The van der Waals surface area contributed by atoms with Crippen LogP contribution < -0.4 is 10.1 Å². The summed E-state index contributed by atoms with van der Waals surface area (Å²) in [5.74, 6) is 0.924. The standard InChI is InChI=1S/C22H22N2O3S/c1-13-4-6-18(14(2)10-13)21-23-15(3)20(28-21)24-22(25)27-12-16-5-7-19-17(11-16)8-9-26-19/h4-7,10-11H,8-9,12H2,1-3H3,(H,24,25). The molecular formula is C22H22N2O3S. The second-order valence-electron chi connectivity index (χ2n) is 6.99. The summed E-state index contributed by atoms with van der Waals surface area (Å²) in [6.45, 7) is 6.97. The van der Waals surface area contributed by atoms with Gasteiger partial charge in [0.1, 0.15) is 22.4 Å². The number of nitrogens with zero attached hydrogens (tertiary/aromatic N) is 1. The molecule has 1 aliphatic rings. The first-order valence-corrected chi connectivity index (χ1v) is 10.0. The van der Waals surface area contributed by atoms with Crippen LogP contribution in [0.2, 0.25) is 0 Å². The summed E-state index contributed by atoms with van der Waals surface area (Å²) >= 11 is 1.46. The van der Waals surface area contributed by atoms with Gasteiger partial charge in [-0.3, -0.25) is 5.32 Å². The van der Waals surface area contributed by atoms with Gasteiger partial charge in [-0.05, 0) is 49.6 Å². The Morgan fingerprint density at radius 2 is 2.07 bits per heavy atom. The maximum Gasteiger partial charge on any atom is 0.412 e. The van der Waals surface area contributed by atoms with E-state index in [9.17, 15) is 4.79 Å². The summed E-state index contributed by atoms with van der Waals surface area (Å²) in [4.78, 5) is 16.9. The highest BCUT2D eigenvalue weighted by molar-refractivity contribution is 7.19. The van der Waals surface area contributed by atoms with Crippen LogP contribution >= 0.6 is 11.3 Å². The minimum atomic E-state index is -0.476. The van der Waals surface area contributed by atoms with E-state index in [4.69, 9.17) is 9.47 Å². The lowest BCUT2D eigenvalue weighted by molar-refractivity contribution is 0.155. The quantitative estimate of drug-likeness (QED) is 0.642. The number of hydrogen-bond acceptors (Lipinski definition) is 5. The molecule has 1 aliphatic heterocycles. The lowest BCUT2D eigenvalue weighted by atomic mass is 10.1. The predicted octanol–water partition coefficient (Wildman–Crippen LogP) is 5.42. The molecule has 0 unspecified atom stereocenters. The zero-order valence-corrected chi connectivity index (χ0v) is 17.0. The summed E-state index contributed by atoms with van der Waals surface area (Å²) in [6.07, 6.45) is 0.423. The van der Waals surface area contributed by atoms with Crippen molar-refractivity contribution < 1.29 is 14.3 Å². The number of carbonyl (C=O) groups is 1. The molecular weight excluding hydrogens is 372 g/mol. The SMILES string of the molecule is Cc1ccc(-c2nc(C)c(NC(=O)OCc3ccc4c(c3)CCO4)s2)c(C)c1. The molecule has 0 bridgehead atoms. The Morgan fingerprint density at radius 1 is 1.21 bits per heavy atom. The van der Waals surface area contributed by atoms with Crippen LogP contribution in [-0.2, 0) is 17.8 Å². The van der Waals surface area contributed by atoms with E-state index in [0.29, 0.717) is 11.6 Å². The van der Waals surface area contributed by atoms with Gasteiger partial charge in [-0.15, -0.1) is 0 Å². The number of aromatic nitrogens is 1. The van der Waals surface area contributed by atoms with Gasteiger partial charge < -0.3 is 9.47 Å². The molecule has 1 amide bonds. The number of fused-ring (bicyclic) bond motifs is 1. The van der Waals surface area contributed by atoms with Crippen molar-refractivity contribution in [2.24, 2.45) is 0 Å². The lowest BCUT2D eigenvalue weighted by Gasteiger charge is -2.07. The third kappa shape index (κ3) is 3.87. The molecule has 1 N–H and O–H groups in total. The Kier molecular flexibility index (Phi) is 5.05. The van der Waals surface area contributed by atoms with Gasteiger partial charge in [0.25, 0.3) is 0 Å². The van der Waals surface area contributed by atoms with Crippen LogP contribution in [0.25, 0.3) is 10.6 Å². The van der Waals surface area contributed by atoms with Crippen molar-refractivity contribution in [1.29, 1.82) is 0 Å². The number of hydrogen-bond donors (Lipinski definition) is 1. The average molecular weight is 394 g/mol. The van der Waals surface area contributed by atoms with Crippen molar-refractivity contribution in [3.05, 3.63) is 64.3 Å². The minimum absolute atomic E-state index is 0.223. The van der Waals surface area contributed by atoms with Crippen LogP contribution in [0.15, 0.2) is 36.4 Å². The van der Waals surface area contributed by atoms with Gasteiger partial charge in [0.05, 0.1) is 12.3 Å². The fourth-order valence-corrected chi connectivity index (χ4v) is 4.33. The highest BCUT2D eigenvalue weighted by Crippen LogP contribution is 2.34. The molecule has 5 nitrogen and oxygen atoms in total. The van der Waals surface area contributed by atoms with Crippen LogP contribution in [0.3, 0.4) is 0 Å². The van der Waals surface area contributed by atoms with Crippen molar-refractivity contribution in [3.8, 4) is 16.3 Å². The molecule has 4 rings (SSSR count). The number of benzene rings is 2. The molecule has 6 heteroatoms. The first-order valence-electron chi connectivity index (χ1n) is 9.23. The molecule has 1 aromatic heterocycles. The summed E-state index contributed by atoms with van der Waals surface area (Å²) in [7, 11) is 0. The Hall–Kier alpha value is -2.86. The van der Waals surface area contributed by atoms with Crippen LogP contribution in [-0.4, -0.2) is 17.7 Å². The minimum Gasteiger partial charge on any atom is -0.493 e. The van der Waals surface area contributed by atoms with Gasteiger partial charge in [-0.1, -0.05) is 41.2 Å². The topological polar surface area (TPSA) is 60.5 Å². The van der Waals surface area contributed by atoms with Crippen LogP contribution in [0.5, 0.6) is 5.75 Å². The first kappa shape index (κ1) is 18.5. The van der Waals surface area contributed by atoms with E-state index in [0.717, 1.165) is 39.6 Å². The van der Waals surface area contributed by atoms with E-state index >= 15 is 0 Å². The Balaban J connectivity index is 1.41. The van der Waals surface area contributed by atoms with Gasteiger partial charge in [0.15, 0.2) is 0 Å². The van der Waals surface area contributed by atoms with Crippen LogP contribution in [0.4, 0.5) is 9.80 Å². The number of thiazole rings is 1. The fourth-order valence-electron chi connectivity index (χ4n) is 3.29. The summed E-state index contributed by atoms with van der Waals surface area (Å²) in [6, 6.07) is 12.2. The Bertz CT molecular complexity index is 1040. The maximum atomic E-state index is 12.2. The number of anilines is 1. The largest absolute Gasteiger partial charge is 0.493 e. The highest BCUT2D eigenvalue weighted by atomic mass is 32.1. The summed E-state index contributed by atoms with van der Waals surface area (Å²) in [5.41, 5.74) is 6.37. The maximum absolute atomic E-state index is 12.2. The van der Waals surface area contributed by atoms with E-state index in [2.05, 4.69) is 42.3 Å². The molecule has 2 heterocycles. The monoisotopic (exact) mass is 394 g/mol. The van der Waals surface area contributed by atoms with Crippen molar-refractivity contribution in [2.75, 3.05) is 11.9 Å². The molecule has 0 saturated heterocycles. The lowest BCUT2D eigenvalue weighted by Crippen LogP contribution is -2.13. The molecule has 0 atom stereocenters. The zero-order chi connectivity index (χ0) is 19.7. The number of amides is 1. The van der Waals surface area contributed by atoms with Crippen LogP contribution in [0, 0.1) is 20.8 Å². The number of ether oxygens (including phenoxy) is 2. The third-order valence-electron chi connectivity index (χ3n) is 4.75. The smallest absolute Gasteiger partial charge is 0.412 e. The second-order valence-corrected chi connectivity index (χ2v) is 7.99. The molecule has 3 aromatic rings. The number of nitrogens with one attached hydrogen (secondary N) is 1. The van der Waals surface area contributed by atoms with Crippen molar-refractivity contribution >= 4 is 22.4 Å². The molecule has 0 fully saturated rings. The van der Waals surface area contributed by atoms with Gasteiger partial charge in [-0.25, -0.2) is 9.78 Å². The zero-order valence-electron chi connectivity index (χ0n) is 16.2. The van der Waals surface area contributed by atoms with E-state index < -0.39 is 6.09 Å². The molecule has 0 aliphatic carbocycles. The molecule has 0 radical (unpaired) electrons. The average Bonchev–Trinajstić information content (AvgIpc) is 3.26. The highest BCUT2D eigenvalue weighted by Gasteiger charge is 2.15. The van der Waals surface area contributed by atoms with Crippen molar-refractivity contribution in [1.82, 2.24) is 4.98 Å². The fraction of sp³-hybridized carbons (Fsp3) is 0.273. The van der Waals surface area contributed by atoms with Gasteiger partial charge in [0.2, 0.25) is 0 Å². The van der Waals surface area contributed by atoms with E-state index in [-0.39, 0.29) is 6.61 Å². The van der Waals surface area contributed by atoms with Crippen molar-refractivity contribution in [3.63, 3.8) is 0 Å². The third-order valence-corrected chi connectivity index (χ3v) is 5.85. The Morgan fingerprint density at radius 3 is 2.89 bits per heavy atom. The van der Waals surface area contributed by atoms with E-state index in [1.54, 1.807) is 0 Å². The second kappa shape index (κ2) is 7.64. The molecule has 28 heavy (non-hydrogen) atoms. The van der Waals surface area contributed by atoms with Crippen LogP contribution in [0.1, 0.15) is 27.9 Å². The predicted molar refractivity (Wildman–Crippen MR) is 111 cm³/mol. The van der Waals surface area contributed by atoms with Gasteiger partial charge in [0, 0.05) is 12.0 Å². The first-order chi connectivity index (χ1) is 13.5. The molecule has 144 valence electrons. The van der Waals surface area contributed by atoms with Gasteiger partial charge >= 0.3 is 6.09 Å². The summed E-state index contributed by atoms with van der Waals surface area (Å²) in [5, 5.41) is 4.43. The molecule has 0 saturated carbocycles. The van der Waals surface area contributed by atoms with Crippen molar-refractivity contribution in [2.45, 2.75) is 33.8 Å². The summed E-state index contributed by atoms with van der Waals surface area (Å²) < 4.78 is 10.9. The van der Waals surface area contributed by atoms with Gasteiger partial charge in [-0.2, -0.15) is 0 Å².